The van der Waals surface area contributed by atoms with Crippen molar-refractivity contribution in [2.45, 2.75) is 97.3 Å². The highest BCUT2D eigenvalue weighted by Crippen LogP contribution is 2.12. The van der Waals surface area contributed by atoms with Crippen molar-refractivity contribution in [1.29, 1.82) is 0 Å². The molecule has 0 aromatic carbocycles. The zero-order chi connectivity index (χ0) is 18.9. The molecule has 0 radical (unpaired) electrons. The van der Waals surface area contributed by atoms with Gasteiger partial charge in [-0.3, -0.25) is 0 Å². The van der Waals surface area contributed by atoms with E-state index in [4.69, 9.17) is 11.6 Å². The van der Waals surface area contributed by atoms with E-state index in [1.165, 1.54) is 70.6 Å². The number of aromatic nitrogens is 3. The third-order valence-electron chi connectivity index (χ3n) is 4.49. The van der Waals surface area contributed by atoms with Gasteiger partial charge in [0.15, 0.2) is 0 Å². The zero-order valence-corrected chi connectivity index (χ0v) is 17.6. The molecular formula is C20H38ClN5. The molecule has 0 aliphatic heterocycles. The lowest BCUT2D eigenvalue weighted by atomic mass is 10.1. The zero-order valence-electron chi connectivity index (χ0n) is 16.8. The number of nitrogens with zero attached hydrogens (tertiary/aromatic N) is 3. The fourth-order valence-corrected chi connectivity index (χ4v) is 3.06. The lowest BCUT2D eigenvalue weighted by Gasteiger charge is -2.08. The molecule has 0 fully saturated rings. The molecule has 0 unspecified atom stereocenters. The Morgan fingerprint density at radius 2 is 0.962 bits per heavy atom. The van der Waals surface area contributed by atoms with Crippen LogP contribution in [0.15, 0.2) is 0 Å². The highest BCUT2D eigenvalue weighted by molar-refractivity contribution is 6.28. The van der Waals surface area contributed by atoms with Gasteiger partial charge in [0.1, 0.15) is 0 Å². The summed E-state index contributed by atoms with van der Waals surface area (Å²) in [4.78, 5) is 12.7. The van der Waals surface area contributed by atoms with Gasteiger partial charge >= 0.3 is 0 Å². The van der Waals surface area contributed by atoms with Crippen LogP contribution in [0.3, 0.4) is 0 Å². The van der Waals surface area contributed by atoms with Crippen LogP contribution < -0.4 is 10.6 Å². The number of hydrogen-bond acceptors (Lipinski definition) is 5. The van der Waals surface area contributed by atoms with E-state index in [9.17, 15) is 0 Å². The maximum absolute atomic E-state index is 6.00. The van der Waals surface area contributed by atoms with Crippen LogP contribution in [-0.4, -0.2) is 28.0 Å². The molecule has 1 heterocycles. The summed E-state index contributed by atoms with van der Waals surface area (Å²) in [5.74, 6) is 1.14. The summed E-state index contributed by atoms with van der Waals surface area (Å²) in [7, 11) is 0. The van der Waals surface area contributed by atoms with Gasteiger partial charge in [0.25, 0.3) is 0 Å². The van der Waals surface area contributed by atoms with Crippen molar-refractivity contribution in [1.82, 2.24) is 15.0 Å². The number of hydrogen-bond donors (Lipinski definition) is 2. The highest BCUT2D eigenvalue weighted by Gasteiger charge is 2.04. The minimum Gasteiger partial charge on any atom is -0.354 e. The number of rotatable bonds is 17. The van der Waals surface area contributed by atoms with Gasteiger partial charge in [-0.1, -0.05) is 84.5 Å². The van der Waals surface area contributed by atoms with E-state index in [0.29, 0.717) is 11.9 Å². The Balaban J connectivity index is 2.12. The van der Waals surface area contributed by atoms with Crippen molar-refractivity contribution in [2.75, 3.05) is 23.7 Å². The number of anilines is 2. The molecule has 0 atom stereocenters. The van der Waals surface area contributed by atoms with Crippen LogP contribution in [0.4, 0.5) is 11.9 Å². The maximum Gasteiger partial charge on any atom is 0.228 e. The first kappa shape index (κ1) is 22.9. The summed E-state index contributed by atoms with van der Waals surface area (Å²) in [5.41, 5.74) is 0. The van der Waals surface area contributed by atoms with Crippen molar-refractivity contribution < 1.29 is 0 Å². The Bertz CT molecular complexity index is 456. The summed E-state index contributed by atoms with van der Waals surface area (Å²) in [6.07, 6.45) is 16.8. The first-order valence-electron chi connectivity index (χ1n) is 10.7. The van der Waals surface area contributed by atoms with Crippen LogP contribution in [0.1, 0.15) is 97.3 Å². The number of halogens is 1. The maximum atomic E-state index is 6.00. The minimum atomic E-state index is 0.241. The lowest BCUT2D eigenvalue weighted by molar-refractivity contribution is 0.569. The highest BCUT2D eigenvalue weighted by atomic mass is 35.5. The summed E-state index contributed by atoms with van der Waals surface area (Å²) in [6.45, 7) is 6.23. The predicted octanol–water partition coefficient (Wildman–Crippen LogP) is 6.46. The molecular weight excluding hydrogens is 346 g/mol. The van der Waals surface area contributed by atoms with E-state index in [1.807, 2.05) is 0 Å². The predicted molar refractivity (Wildman–Crippen MR) is 113 cm³/mol. The second-order valence-corrected chi connectivity index (χ2v) is 7.33. The minimum absolute atomic E-state index is 0.241. The van der Waals surface area contributed by atoms with Gasteiger partial charge in [-0.05, 0) is 24.4 Å². The first-order valence-corrected chi connectivity index (χ1v) is 11.0. The van der Waals surface area contributed by atoms with E-state index < -0.39 is 0 Å². The van der Waals surface area contributed by atoms with Gasteiger partial charge < -0.3 is 10.6 Å². The van der Waals surface area contributed by atoms with Crippen molar-refractivity contribution in [3.8, 4) is 0 Å². The third-order valence-corrected chi connectivity index (χ3v) is 4.65. The second kappa shape index (κ2) is 16.1. The molecule has 0 aliphatic carbocycles. The van der Waals surface area contributed by atoms with Crippen LogP contribution >= 0.6 is 11.6 Å². The average molecular weight is 384 g/mol. The van der Waals surface area contributed by atoms with E-state index >= 15 is 0 Å². The Labute approximate surface area is 165 Å². The molecule has 0 saturated heterocycles. The lowest BCUT2D eigenvalue weighted by Crippen LogP contribution is -2.11. The molecule has 1 aromatic rings. The van der Waals surface area contributed by atoms with Gasteiger partial charge in [0.05, 0.1) is 0 Å². The normalized spacial score (nSPS) is 10.9. The molecule has 150 valence electrons. The van der Waals surface area contributed by atoms with Gasteiger partial charge in [0.2, 0.25) is 17.2 Å². The molecule has 0 amide bonds. The van der Waals surface area contributed by atoms with E-state index in [-0.39, 0.29) is 5.28 Å². The fraction of sp³-hybridized carbons (Fsp3) is 0.850. The van der Waals surface area contributed by atoms with Crippen molar-refractivity contribution in [3.63, 3.8) is 0 Å². The Morgan fingerprint density at radius 1 is 0.577 bits per heavy atom. The van der Waals surface area contributed by atoms with Gasteiger partial charge in [0, 0.05) is 13.1 Å². The molecule has 6 heteroatoms. The quantitative estimate of drug-likeness (QED) is 0.302. The Morgan fingerprint density at radius 3 is 1.42 bits per heavy atom. The molecule has 0 bridgehead atoms. The van der Waals surface area contributed by atoms with Crippen LogP contribution in [0.5, 0.6) is 0 Å². The molecule has 26 heavy (non-hydrogen) atoms. The third kappa shape index (κ3) is 12.3. The van der Waals surface area contributed by atoms with E-state index in [0.717, 1.165) is 25.9 Å². The van der Waals surface area contributed by atoms with Crippen molar-refractivity contribution >= 4 is 23.5 Å². The number of unbranched alkanes of at least 4 members (excludes halogenated alkanes) is 11. The smallest absolute Gasteiger partial charge is 0.228 e. The van der Waals surface area contributed by atoms with Gasteiger partial charge in [-0.15, -0.1) is 0 Å². The largest absolute Gasteiger partial charge is 0.354 e. The van der Waals surface area contributed by atoms with Gasteiger partial charge in [-0.25, -0.2) is 0 Å². The molecule has 0 spiro atoms. The van der Waals surface area contributed by atoms with Gasteiger partial charge in [-0.2, -0.15) is 15.0 Å². The van der Waals surface area contributed by atoms with Crippen LogP contribution in [-0.2, 0) is 0 Å². The van der Waals surface area contributed by atoms with E-state index in [1.54, 1.807) is 0 Å². The van der Waals surface area contributed by atoms with Crippen LogP contribution in [0.25, 0.3) is 0 Å². The summed E-state index contributed by atoms with van der Waals surface area (Å²) < 4.78 is 0. The average Bonchev–Trinajstić information content (AvgIpc) is 2.63. The van der Waals surface area contributed by atoms with E-state index in [2.05, 4.69) is 39.4 Å². The molecule has 0 saturated carbocycles. The summed E-state index contributed by atoms with van der Waals surface area (Å²) in [6, 6.07) is 0. The molecule has 5 nitrogen and oxygen atoms in total. The molecule has 0 aliphatic rings. The Hall–Kier alpha value is -1.10. The standard InChI is InChI=1S/C20H38ClN5/c1-3-5-7-9-10-11-12-13-15-17-23-20-25-18(21)24-19(26-20)22-16-14-8-6-4-2/h3-17H2,1-2H3,(H2,22,23,24,25,26). The van der Waals surface area contributed by atoms with Crippen molar-refractivity contribution in [3.05, 3.63) is 5.28 Å². The number of nitrogens with one attached hydrogen (secondary N) is 2. The molecule has 2 N–H and O–H groups in total. The monoisotopic (exact) mass is 383 g/mol. The van der Waals surface area contributed by atoms with Crippen LogP contribution in [0.2, 0.25) is 5.28 Å². The van der Waals surface area contributed by atoms with Crippen molar-refractivity contribution in [2.24, 2.45) is 0 Å². The Kier molecular flexibility index (Phi) is 14.2. The topological polar surface area (TPSA) is 62.7 Å². The van der Waals surface area contributed by atoms with Crippen LogP contribution in [0, 0.1) is 0 Å². The SMILES string of the molecule is CCCCCCCCCCCNc1nc(Cl)nc(NCCCCCC)n1. The molecule has 1 aromatic heterocycles. The summed E-state index contributed by atoms with van der Waals surface area (Å²) in [5, 5.41) is 6.75. The fourth-order valence-electron chi connectivity index (χ4n) is 2.90. The molecule has 1 rings (SSSR count). The summed E-state index contributed by atoms with van der Waals surface area (Å²) >= 11 is 6.00. The second-order valence-electron chi connectivity index (χ2n) is 6.99. The first-order chi connectivity index (χ1) is 12.8.